The second-order valence-corrected chi connectivity index (χ2v) is 5.40. The van der Waals surface area contributed by atoms with Gasteiger partial charge < -0.3 is 9.64 Å². The maximum absolute atomic E-state index is 12.4. The van der Waals surface area contributed by atoms with Crippen LogP contribution in [0.2, 0.25) is 5.15 Å². The summed E-state index contributed by atoms with van der Waals surface area (Å²) in [6.45, 7) is 5.04. The molecule has 1 fully saturated rings. The number of hydrogen-bond donors (Lipinski definition) is 0. The molecule has 0 N–H and O–H groups in total. The number of aromatic nitrogens is 1. The van der Waals surface area contributed by atoms with Gasteiger partial charge in [0.15, 0.2) is 0 Å². The van der Waals surface area contributed by atoms with Crippen molar-refractivity contribution in [3.63, 3.8) is 0 Å². The number of rotatable bonds is 1. The number of carbonyl (C=O) groups excluding carboxylic acids is 1. The summed E-state index contributed by atoms with van der Waals surface area (Å²) in [5.74, 6) is 0.102. The van der Waals surface area contributed by atoms with Gasteiger partial charge in [0.25, 0.3) is 0 Å². The molecule has 3 rings (SSSR count). The van der Waals surface area contributed by atoms with Crippen molar-refractivity contribution in [2.24, 2.45) is 0 Å². The van der Waals surface area contributed by atoms with Crippen LogP contribution in [0.1, 0.15) is 19.4 Å². The molecule has 0 spiro atoms. The standard InChI is InChI=1S/C12H13ClN2O2/c1-12(2)8-4-14-10(13)3-9(8)15(11(12)16)7-5-17-6-7/h3-4,7H,5-6H2,1-2H3. The van der Waals surface area contributed by atoms with Crippen LogP contribution in [0, 0.1) is 0 Å². The molecule has 0 aromatic carbocycles. The Morgan fingerprint density at radius 2 is 2.24 bits per heavy atom. The molecule has 1 aromatic rings. The molecule has 0 radical (unpaired) electrons. The van der Waals surface area contributed by atoms with Crippen LogP contribution in [0.3, 0.4) is 0 Å². The fourth-order valence-electron chi connectivity index (χ4n) is 2.36. The molecule has 90 valence electrons. The third-order valence-electron chi connectivity index (χ3n) is 3.52. The highest BCUT2D eigenvalue weighted by Gasteiger charge is 2.48. The van der Waals surface area contributed by atoms with Crippen LogP contribution in [0.25, 0.3) is 0 Å². The molecule has 1 saturated heterocycles. The maximum atomic E-state index is 12.4. The number of fused-ring (bicyclic) bond motifs is 1. The SMILES string of the molecule is CC1(C)C(=O)N(C2COC2)c2cc(Cl)ncc21. The van der Waals surface area contributed by atoms with Gasteiger partial charge in [-0.3, -0.25) is 4.79 Å². The van der Waals surface area contributed by atoms with Gasteiger partial charge in [-0.1, -0.05) is 11.6 Å². The van der Waals surface area contributed by atoms with Gasteiger partial charge >= 0.3 is 0 Å². The zero-order valence-corrected chi connectivity index (χ0v) is 10.5. The number of carbonyl (C=O) groups is 1. The lowest BCUT2D eigenvalue weighted by molar-refractivity contribution is -0.124. The lowest BCUT2D eigenvalue weighted by Crippen LogP contribution is -2.52. The average Bonchev–Trinajstić information content (AvgIpc) is 2.37. The summed E-state index contributed by atoms with van der Waals surface area (Å²) in [4.78, 5) is 18.3. The van der Waals surface area contributed by atoms with Crippen LogP contribution < -0.4 is 4.90 Å². The van der Waals surface area contributed by atoms with Gasteiger partial charge in [0.1, 0.15) is 5.15 Å². The second-order valence-electron chi connectivity index (χ2n) is 5.02. The zero-order valence-electron chi connectivity index (χ0n) is 9.74. The average molecular weight is 253 g/mol. The first-order valence-corrected chi connectivity index (χ1v) is 5.97. The highest BCUT2D eigenvalue weighted by molar-refractivity contribution is 6.30. The Morgan fingerprint density at radius 3 is 2.82 bits per heavy atom. The monoisotopic (exact) mass is 252 g/mol. The molecule has 3 heterocycles. The van der Waals surface area contributed by atoms with Crippen molar-refractivity contribution in [2.75, 3.05) is 18.1 Å². The zero-order chi connectivity index (χ0) is 12.2. The number of anilines is 1. The number of nitrogens with zero attached hydrogens (tertiary/aromatic N) is 2. The van der Waals surface area contributed by atoms with E-state index in [1.54, 1.807) is 12.3 Å². The molecular weight excluding hydrogens is 240 g/mol. The van der Waals surface area contributed by atoms with E-state index in [9.17, 15) is 4.79 Å². The van der Waals surface area contributed by atoms with Crippen molar-refractivity contribution in [1.82, 2.24) is 4.98 Å². The second kappa shape index (κ2) is 3.43. The first kappa shape index (κ1) is 11.0. The van der Waals surface area contributed by atoms with Crippen molar-refractivity contribution >= 4 is 23.2 Å². The Bertz CT molecular complexity index is 497. The van der Waals surface area contributed by atoms with Gasteiger partial charge in [-0.2, -0.15) is 0 Å². The number of amides is 1. The molecule has 4 nitrogen and oxygen atoms in total. The van der Waals surface area contributed by atoms with Crippen molar-refractivity contribution in [3.05, 3.63) is 23.0 Å². The highest BCUT2D eigenvalue weighted by atomic mass is 35.5. The van der Waals surface area contributed by atoms with E-state index in [0.29, 0.717) is 18.4 Å². The smallest absolute Gasteiger partial charge is 0.237 e. The molecule has 1 amide bonds. The van der Waals surface area contributed by atoms with E-state index in [2.05, 4.69) is 4.98 Å². The number of ether oxygens (including phenoxy) is 1. The molecule has 2 aliphatic heterocycles. The van der Waals surface area contributed by atoms with Crippen LogP contribution in [0.15, 0.2) is 12.3 Å². The van der Waals surface area contributed by atoms with Gasteiger partial charge in [0.05, 0.1) is 30.4 Å². The van der Waals surface area contributed by atoms with Gasteiger partial charge in [-0.15, -0.1) is 0 Å². The summed E-state index contributed by atoms with van der Waals surface area (Å²) >= 11 is 5.92. The largest absolute Gasteiger partial charge is 0.377 e. The molecule has 2 aliphatic rings. The molecular formula is C12H13ClN2O2. The Morgan fingerprint density at radius 1 is 1.53 bits per heavy atom. The molecule has 0 atom stereocenters. The van der Waals surface area contributed by atoms with E-state index < -0.39 is 5.41 Å². The summed E-state index contributed by atoms with van der Waals surface area (Å²) < 4.78 is 5.17. The van der Waals surface area contributed by atoms with Crippen LogP contribution in [0.4, 0.5) is 5.69 Å². The van der Waals surface area contributed by atoms with Gasteiger partial charge in [0.2, 0.25) is 5.91 Å². The van der Waals surface area contributed by atoms with Crippen molar-refractivity contribution in [2.45, 2.75) is 25.3 Å². The van der Waals surface area contributed by atoms with E-state index in [4.69, 9.17) is 16.3 Å². The molecule has 0 aliphatic carbocycles. The third-order valence-corrected chi connectivity index (χ3v) is 3.73. The van der Waals surface area contributed by atoms with Crippen LogP contribution in [0.5, 0.6) is 0 Å². The normalized spacial score (nSPS) is 22.5. The quantitative estimate of drug-likeness (QED) is 0.716. The maximum Gasteiger partial charge on any atom is 0.237 e. The Hall–Kier alpha value is -1.13. The van der Waals surface area contributed by atoms with E-state index >= 15 is 0 Å². The van der Waals surface area contributed by atoms with Gasteiger partial charge in [0, 0.05) is 11.8 Å². The first-order valence-electron chi connectivity index (χ1n) is 5.59. The highest BCUT2D eigenvalue weighted by Crippen LogP contribution is 2.43. The molecule has 1 aromatic heterocycles. The molecule has 0 unspecified atom stereocenters. The van der Waals surface area contributed by atoms with Crippen LogP contribution in [-0.2, 0) is 14.9 Å². The minimum atomic E-state index is -0.525. The number of pyridine rings is 1. The third kappa shape index (κ3) is 1.40. The van der Waals surface area contributed by atoms with Gasteiger partial charge in [-0.25, -0.2) is 4.98 Å². The van der Waals surface area contributed by atoms with Crippen molar-refractivity contribution in [3.8, 4) is 0 Å². The van der Waals surface area contributed by atoms with Crippen LogP contribution in [-0.4, -0.2) is 30.1 Å². The van der Waals surface area contributed by atoms with E-state index in [1.165, 1.54) is 0 Å². The van der Waals surface area contributed by atoms with E-state index in [-0.39, 0.29) is 11.9 Å². The van der Waals surface area contributed by atoms with E-state index in [0.717, 1.165) is 11.3 Å². The Balaban J connectivity index is 2.14. The molecule has 17 heavy (non-hydrogen) atoms. The van der Waals surface area contributed by atoms with Gasteiger partial charge in [-0.05, 0) is 19.9 Å². The van der Waals surface area contributed by atoms with Crippen molar-refractivity contribution < 1.29 is 9.53 Å². The van der Waals surface area contributed by atoms with E-state index in [1.807, 2.05) is 18.7 Å². The summed E-state index contributed by atoms with van der Waals surface area (Å²) in [5.41, 5.74) is 1.30. The van der Waals surface area contributed by atoms with Crippen molar-refractivity contribution in [1.29, 1.82) is 0 Å². The predicted octanol–water partition coefficient (Wildman–Crippen LogP) is 1.76. The summed E-state index contributed by atoms with van der Waals surface area (Å²) in [5, 5.41) is 0.416. The summed E-state index contributed by atoms with van der Waals surface area (Å²) in [6, 6.07) is 1.91. The minimum absolute atomic E-state index is 0.102. The Labute approximate surface area is 105 Å². The molecule has 0 saturated carbocycles. The van der Waals surface area contributed by atoms with Crippen LogP contribution >= 0.6 is 11.6 Å². The number of halogens is 1. The topological polar surface area (TPSA) is 42.4 Å². The molecule has 0 bridgehead atoms. The lowest BCUT2D eigenvalue weighted by Gasteiger charge is -2.35. The fraction of sp³-hybridized carbons (Fsp3) is 0.500. The molecule has 5 heteroatoms. The minimum Gasteiger partial charge on any atom is -0.377 e. The first-order chi connectivity index (χ1) is 8.01. The fourth-order valence-corrected chi connectivity index (χ4v) is 2.51. The lowest BCUT2D eigenvalue weighted by atomic mass is 9.87. The predicted molar refractivity (Wildman–Crippen MR) is 64.4 cm³/mol. The summed E-state index contributed by atoms with van der Waals surface area (Å²) in [7, 11) is 0. The number of hydrogen-bond acceptors (Lipinski definition) is 3. The Kier molecular flexibility index (Phi) is 2.22. The summed E-state index contributed by atoms with van der Waals surface area (Å²) in [6.07, 6.45) is 1.70.